The highest BCUT2D eigenvalue weighted by Crippen LogP contribution is 2.14. The number of carboxylic acids is 1. The van der Waals surface area contributed by atoms with Crippen LogP contribution in [0.25, 0.3) is 0 Å². The molecule has 3 heteroatoms. The molecule has 0 unspecified atom stereocenters. The quantitative estimate of drug-likeness (QED) is 0.662. The van der Waals surface area contributed by atoms with Gasteiger partial charge in [0, 0.05) is 0 Å². The SMILES string of the molecule is C[C@@H](C#N)c1cccc(C(=O)[O-])c1. The summed E-state index contributed by atoms with van der Waals surface area (Å²) in [5, 5.41) is 19.1. The van der Waals surface area contributed by atoms with Crippen molar-refractivity contribution in [3.8, 4) is 6.07 Å². The Hall–Kier alpha value is -1.82. The Morgan fingerprint density at radius 3 is 2.85 bits per heavy atom. The maximum absolute atomic E-state index is 10.5. The van der Waals surface area contributed by atoms with E-state index in [9.17, 15) is 9.90 Å². The molecule has 66 valence electrons. The Morgan fingerprint density at radius 1 is 1.62 bits per heavy atom. The molecule has 0 N–H and O–H groups in total. The van der Waals surface area contributed by atoms with Gasteiger partial charge in [-0.1, -0.05) is 18.2 Å². The predicted octanol–water partition coefficient (Wildman–Crippen LogP) is 0.677. The number of hydrogen-bond donors (Lipinski definition) is 0. The zero-order chi connectivity index (χ0) is 9.84. The second kappa shape index (κ2) is 3.72. The largest absolute Gasteiger partial charge is 0.545 e. The maximum atomic E-state index is 10.5. The number of hydrogen-bond acceptors (Lipinski definition) is 3. The molecule has 1 rings (SSSR count). The molecule has 0 saturated carbocycles. The lowest BCUT2D eigenvalue weighted by Gasteiger charge is -2.06. The molecule has 1 atom stereocenters. The molecule has 0 spiro atoms. The molecule has 13 heavy (non-hydrogen) atoms. The highest BCUT2D eigenvalue weighted by Gasteiger charge is 2.03. The van der Waals surface area contributed by atoms with Gasteiger partial charge in [0.1, 0.15) is 0 Å². The molecule has 0 aliphatic heterocycles. The average Bonchev–Trinajstić information content (AvgIpc) is 2.17. The van der Waals surface area contributed by atoms with Gasteiger partial charge in [0.2, 0.25) is 0 Å². The van der Waals surface area contributed by atoms with Crippen LogP contribution in [0.2, 0.25) is 0 Å². The smallest absolute Gasteiger partial charge is 0.0715 e. The fourth-order valence-corrected chi connectivity index (χ4v) is 1.01. The maximum Gasteiger partial charge on any atom is 0.0715 e. The molecule has 0 saturated heterocycles. The van der Waals surface area contributed by atoms with Gasteiger partial charge >= 0.3 is 0 Å². The third-order valence-corrected chi connectivity index (χ3v) is 1.82. The minimum atomic E-state index is -1.22. The van der Waals surface area contributed by atoms with E-state index in [1.54, 1.807) is 19.1 Å². The van der Waals surface area contributed by atoms with Gasteiger partial charge in [-0.15, -0.1) is 0 Å². The number of nitrogens with zero attached hydrogens (tertiary/aromatic N) is 1. The first-order valence-corrected chi connectivity index (χ1v) is 3.86. The number of benzene rings is 1. The first-order chi connectivity index (χ1) is 6.15. The summed E-state index contributed by atoms with van der Waals surface area (Å²) >= 11 is 0. The average molecular weight is 174 g/mol. The second-order valence-electron chi connectivity index (χ2n) is 2.76. The van der Waals surface area contributed by atoms with Crippen LogP contribution in [0.5, 0.6) is 0 Å². The van der Waals surface area contributed by atoms with E-state index >= 15 is 0 Å². The van der Waals surface area contributed by atoms with E-state index in [1.165, 1.54) is 12.1 Å². The van der Waals surface area contributed by atoms with E-state index in [-0.39, 0.29) is 11.5 Å². The van der Waals surface area contributed by atoms with Crippen LogP contribution in [0.15, 0.2) is 24.3 Å². The van der Waals surface area contributed by atoms with Crippen molar-refractivity contribution in [1.82, 2.24) is 0 Å². The van der Waals surface area contributed by atoms with Crippen molar-refractivity contribution >= 4 is 5.97 Å². The Morgan fingerprint density at radius 2 is 2.31 bits per heavy atom. The van der Waals surface area contributed by atoms with Gasteiger partial charge in [0.15, 0.2) is 0 Å². The summed E-state index contributed by atoms with van der Waals surface area (Å²) in [7, 11) is 0. The van der Waals surface area contributed by atoms with Crippen molar-refractivity contribution in [3.63, 3.8) is 0 Å². The molecule has 0 amide bonds. The lowest BCUT2D eigenvalue weighted by molar-refractivity contribution is -0.255. The normalized spacial score (nSPS) is 11.7. The van der Waals surface area contributed by atoms with Crippen molar-refractivity contribution in [2.24, 2.45) is 0 Å². The van der Waals surface area contributed by atoms with Gasteiger partial charge in [-0.05, 0) is 24.1 Å². The molecular weight excluding hydrogens is 166 g/mol. The van der Waals surface area contributed by atoms with Gasteiger partial charge in [-0.25, -0.2) is 0 Å². The predicted molar refractivity (Wildman–Crippen MR) is 44.8 cm³/mol. The van der Waals surface area contributed by atoms with Crippen LogP contribution in [0, 0.1) is 11.3 Å². The van der Waals surface area contributed by atoms with Crippen molar-refractivity contribution in [2.45, 2.75) is 12.8 Å². The van der Waals surface area contributed by atoms with Crippen LogP contribution in [0.3, 0.4) is 0 Å². The number of carbonyl (C=O) groups excluding carboxylic acids is 1. The third-order valence-electron chi connectivity index (χ3n) is 1.82. The first-order valence-electron chi connectivity index (χ1n) is 3.86. The molecule has 3 nitrogen and oxygen atoms in total. The third kappa shape index (κ3) is 2.06. The zero-order valence-corrected chi connectivity index (χ0v) is 7.15. The van der Waals surface area contributed by atoms with E-state index in [1.807, 2.05) is 6.07 Å². The molecule has 0 aliphatic rings. The molecule has 1 aromatic rings. The van der Waals surface area contributed by atoms with Gasteiger partial charge < -0.3 is 9.90 Å². The highest BCUT2D eigenvalue weighted by atomic mass is 16.4. The summed E-state index contributed by atoms with van der Waals surface area (Å²) in [5.41, 5.74) is 0.809. The van der Waals surface area contributed by atoms with Crippen molar-refractivity contribution in [3.05, 3.63) is 35.4 Å². The molecule has 0 aliphatic carbocycles. The van der Waals surface area contributed by atoms with Gasteiger partial charge in [-0.3, -0.25) is 0 Å². The van der Waals surface area contributed by atoms with E-state index in [0.29, 0.717) is 5.56 Å². The fourth-order valence-electron chi connectivity index (χ4n) is 1.01. The van der Waals surface area contributed by atoms with E-state index in [0.717, 1.165) is 0 Å². The lowest BCUT2D eigenvalue weighted by Crippen LogP contribution is -2.22. The van der Waals surface area contributed by atoms with Crippen LogP contribution in [0.4, 0.5) is 0 Å². The van der Waals surface area contributed by atoms with Crippen LogP contribution in [0.1, 0.15) is 28.8 Å². The van der Waals surface area contributed by atoms with Gasteiger partial charge in [0.25, 0.3) is 0 Å². The standard InChI is InChI=1S/C10H9NO2/c1-7(6-11)8-3-2-4-9(5-8)10(12)13/h2-5,7H,1H3,(H,12,13)/p-1/t7-/m0/s1. The second-order valence-corrected chi connectivity index (χ2v) is 2.76. The Labute approximate surface area is 76.2 Å². The number of carboxylic acid groups (broad SMARTS) is 1. The topological polar surface area (TPSA) is 63.9 Å². The van der Waals surface area contributed by atoms with E-state index in [2.05, 4.69) is 0 Å². The van der Waals surface area contributed by atoms with Crippen molar-refractivity contribution in [1.29, 1.82) is 5.26 Å². The summed E-state index contributed by atoms with van der Waals surface area (Å²) in [6.07, 6.45) is 0. The number of carbonyl (C=O) groups is 1. The van der Waals surface area contributed by atoms with E-state index < -0.39 is 5.97 Å². The molecule has 0 bridgehead atoms. The Bertz CT molecular complexity index is 365. The summed E-state index contributed by atoms with van der Waals surface area (Å²) in [4.78, 5) is 10.5. The molecule has 1 aromatic carbocycles. The highest BCUT2D eigenvalue weighted by molar-refractivity contribution is 5.85. The molecule has 0 fully saturated rings. The number of rotatable bonds is 2. The van der Waals surface area contributed by atoms with Crippen molar-refractivity contribution < 1.29 is 9.90 Å². The minimum Gasteiger partial charge on any atom is -0.545 e. The monoisotopic (exact) mass is 174 g/mol. The first kappa shape index (κ1) is 9.27. The molecule has 0 aromatic heterocycles. The summed E-state index contributed by atoms with van der Waals surface area (Å²) < 4.78 is 0. The summed E-state index contributed by atoms with van der Waals surface area (Å²) in [6.45, 7) is 1.72. The number of aromatic carboxylic acids is 1. The van der Waals surface area contributed by atoms with Crippen LogP contribution in [-0.2, 0) is 0 Å². The molecule has 0 radical (unpaired) electrons. The van der Waals surface area contributed by atoms with E-state index in [4.69, 9.17) is 5.26 Å². The molecular formula is C10H8NO2-. The minimum absolute atomic E-state index is 0.111. The Balaban J connectivity index is 3.07. The molecule has 0 heterocycles. The zero-order valence-electron chi connectivity index (χ0n) is 7.15. The van der Waals surface area contributed by atoms with Gasteiger partial charge in [-0.2, -0.15) is 5.26 Å². The van der Waals surface area contributed by atoms with Crippen LogP contribution < -0.4 is 5.11 Å². The van der Waals surface area contributed by atoms with Crippen LogP contribution >= 0.6 is 0 Å². The number of nitriles is 1. The summed E-state index contributed by atoms with van der Waals surface area (Å²) in [6, 6.07) is 8.27. The van der Waals surface area contributed by atoms with Gasteiger partial charge in [0.05, 0.1) is 18.0 Å². The Kier molecular flexibility index (Phi) is 2.65. The lowest BCUT2D eigenvalue weighted by atomic mass is 10.0. The van der Waals surface area contributed by atoms with Crippen molar-refractivity contribution in [2.75, 3.05) is 0 Å². The summed E-state index contributed by atoms with van der Waals surface area (Å²) in [5.74, 6) is -1.51. The fraction of sp³-hybridized carbons (Fsp3) is 0.200. The van der Waals surface area contributed by atoms with Crippen LogP contribution in [-0.4, -0.2) is 5.97 Å².